The molecule has 6 nitrogen and oxygen atoms in total. The number of hydrogen-bond acceptors (Lipinski definition) is 4. The summed E-state index contributed by atoms with van der Waals surface area (Å²) in [5.74, 6) is 0.648. The molecule has 0 N–H and O–H groups in total. The number of carbonyl (C=O) groups excluding carboxylic acids is 2. The van der Waals surface area contributed by atoms with E-state index in [0.717, 1.165) is 54.6 Å². The second-order valence-corrected chi connectivity index (χ2v) is 14.6. The van der Waals surface area contributed by atoms with E-state index in [1.54, 1.807) is 0 Å². The van der Waals surface area contributed by atoms with E-state index in [1.807, 2.05) is 90.1 Å². The number of nitrogens with zero attached hydrogens (tertiary/aromatic N) is 2. The fourth-order valence-electron chi connectivity index (χ4n) is 5.87. The maximum atomic E-state index is 12.9. The minimum absolute atomic E-state index is 0. The lowest BCUT2D eigenvalue weighted by molar-refractivity contribution is -0.695. The Bertz CT molecular complexity index is 1760. The van der Waals surface area contributed by atoms with Gasteiger partial charge in [0.15, 0.2) is 0 Å². The molecule has 0 amide bonds. The van der Waals surface area contributed by atoms with Crippen LogP contribution in [0.5, 0.6) is 0 Å². The highest BCUT2D eigenvalue weighted by atomic mass is 79.9. The molecule has 1 aromatic heterocycles. The molecular formula is C43H49BrN2O4. The Morgan fingerprint density at radius 3 is 1.58 bits per heavy atom. The first-order valence-corrected chi connectivity index (χ1v) is 17.2. The third-order valence-corrected chi connectivity index (χ3v) is 8.17. The van der Waals surface area contributed by atoms with E-state index < -0.39 is 11.2 Å². The number of imidazole rings is 1. The van der Waals surface area contributed by atoms with Gasteiger partial charge >= 0.3 is 11.9 Å². The van der Waals surface area contributed by atoms with Crippen molar-refractivity contribution in [3.63, 3.8) is 0 Å². The van der Waals surface area contributed by atoms with Gasteiger partial charge in [-0.2, -0.15) is 0 Å². The molecule has 0 radical (unpaired) electrons. The largest absolute Gasteiger partial charge is 1.00 e. The van der Waals surface area contributed by atoms with Crippen molar-refractivity contribution >= 4 is 11.9 Å². The zero-order valence-corrected chi connectivity index (χ0v) is 31.9. The lowest BCUT2D eigenvalue weighted by Gasteiger charge is -2.20. The summed E-state index contributed by atoms with van der Waals surface area (Å²) < 4.78 is 16.0. The topological polar surface area (TPSA) is 61.4 Å². The van der Waals surface area contributed by atoms with Gasteiger partial charge in [-0.3, -0.25) is 0 Å². The average Bonchev–Trinajstić information content (AvgIpc) is 3.43. The van der Waals surface area contributed by atoms with Crippen LogP contribution in [0.1, 0.15) is 99.0 Å². The molecular weight excluding hydrogens is 688 g/mol. The Labute approximate surface area is 307 Å². The third-order valence-electron chi connectivity index (χ3n) is 8.17. The number of halogens is 1. The van der Waals surface area contributed by atoms with Crippen LogP contribution in [0.2, 0.25) is 0 Å². The fourth-order valence-corrected chi connectivity index (χ4v) is 5.87. The number of carbonyl (C=O) groups is 2. The highest BCUT2D eigenvalue weighted by Crippen LogP contribution is 2.28. The van der Waals surface area contributed by atoms with Crippen LogP contribution in [0, 0.1) is 0 Å². The summed E-state index contributed by atoms with van der Waals surface area (Å²) in [6.45, 7) is 15.0. The summed E-state index contributed by atoms with van der Waals surface area (Å²) in [5, 5.41) is 0. The highest BCUT2D eigenvalue weighted by molar-refractivity contribution is 5.98. The van der Waals surface area contributed by atoms with Crippen LogP contribution in [-0.4, -0.2) is 27.7 Å². The zero-order chi connectivity index (χ0) is 35.2. The molecule has 0 aliphatic rings. The average molecular weight is 738 g/mol. The number of ether oxygens (including phenoxy) is 2. The standard InChI is InChI=1S/C43H49N2O4.BrH/c1-8-9-18-39-44(29-31-19-23-33(24-20-31)35-14-10-12-16-37(35)40(46)48-42(2,3)4)27-28-45(39)30-32-21-25-34(26-22-32)36-15-11-13-17-38(36)41(47)49-43(5,6)7;/h10-17,19-28H,8-9,18,29-30H2,1-7H3;1H/q+1;/p-1. The molecule has 0 bridgehead atoms. The van der Waals surface area contributed by atoms with E-state index in [4.69, 9.17) is 9.47 Å². The summed E-state index contributed by atoms with van der Waals surface area (Å²) in [6, 6.07) is 32.2. The first kappa shape index (κ1) is 38.3. The van der Waals surface area contributed by atoms with Gasteiger partial charge in [-0.1, -0.05) is 98.3 Å². The zero-order valence-electron chi connectivity index (χ0n) is 30.3. The second kappa shape index (κ2) is 16.5. The van der Waals surface area contributed by atoms with Gasteiger partial charge in [0, 0.05) is 6.42 Å². The van der Waals surface area contributed by atoms with Crippen LogP contribution in [0.4, 0.5) is 0 Å². The summed E-state index contributed by atoms with van der Waals surface area (Å²) >= 11 is 0. The third kappa shape index (κ3) is 10.0. The molecule has 4 aromatic carbocycles. The van der Waals surface area contributed by atoms with Gasteiger partial charge in [-0.15, -0.1) is 0 Å². The molecule has 7 heteroatoms. The molecule has 0 fully saturated rings. The molecule has 0 unspecified atom stereocenters. The normalized spacial score (nSPS) is 11.5. The first-order chi connectivity index (χ1) is 23.3. The number of aromatic nitrogens is 2. The number of benzene rings is 4. The van der Waals surface area contributed by atoms with Crippen molar-refractivity contribution in [2.24, 2.45) is 0 Å². The van der Waals surface area contributed by atoms with E-state index in [-0.39, 0.29) is 28.9 Å². The number of hydrogen-bond donors (Lipinski definition) is 0. The van der Waals surface area contributed by atoms with Gasteiger partial charge < -0.3 is 26.5 Å². The van der Waals surface area contributed by atoms with Crippen LogP contribution < -0.4 is 21.5 Å². The lowest BCUT2D eigenvalue weighted by Crippen LogP contribution is -3.00. The van der Waals surface area contributed by atoms with Gasteiger partial charge in [-0.25, -0.2) is 18.7 Å². The maximum Gasteiger partial charge on any atom is 0.339 e. The maximum absolute atomic E-state index is 12.9. The molecule has 0 saturated carbocycles. The Morgan fingerprint density at radius 2 is 1.12 bits per heavy atom. The molecule has 1 heterocycles. The molecule has 5 rings (SSSR count). The molecule has 0 atom stereocenters. The van der Waals surface area contributed by atoms with Gasteiger partial charge in [-0.05, 0) is 93.5 Å². The van der Waals surface area contributed by atoms with Crippen molar-refractivity contribution in [3.8, 4) is 22.3 Å². The predicted octanol–water partition coefficient (Wildman–Crippen LogP) is 6.46. The Morgan fingerprint density at radius 1 is 0.660 bits per heavy atom. The quantitative estimate of drug-likeness (QED) is 0.115. The molecule has 5 aromatic rings. The van der Waals surface area contributed by atoms with Crippen molar-refractivity contribution in [2.75, 3.05) is 0 Å². The monoisotopic (exact) mass is 736 g/mol. The van der Waals surface area contributed by atoms with E-state index in [1.165, 1.54) is 17.0 Å². The molecule has 0 aliphatic heterocycles. The molecule has 0 aliphatic carbocycles. The van der Waals surface area contributed by atoms with Crippen molar-refractivity contribution < 1.29 is 40.6 Å². The van der Waals surface area contributed by atoms with Gasteiger partial charge in [0.05, 0.1) is 11.1 Å². The summed E-state index contributed by atoms with van der Waals surface area (Å²) in [6.07, 6.45) is 7.53. The van der Waals surface area contributed by atoms with Crippen molar-refractivity contribution in [1.29, 1.82) is 0 Å². The predicted molar refractivity (Wildman–Crippen MR) is 196 cm³/mol. The first-order valence-electron chi connectivity index (χ1n) is 17.2. The Balaban J connectivity index is 0.00000562. The molecule has 0 saturated heterocycles. The van der Waals surface area contributed by atoms with Crippen LogP contribution >= 0.6 is 0 Å². The number of rotatable bonds is 11. The second-order valence-electron chi connectivity index (χ2n) is 14.6. The minimum Gasteiger partial charge on any atom is -1.00 e. The van der Waals surface area contributed by atoms with Crippen molar-refractivity contribution in [1.82, 2.24) is 4.57 Å². The van der Waals surface area contributed by atoms with Gasteiger partial charge in [0.2, 0.25) is 0 Å². The van der Waals surface area contributed by atoms with Crippen molar-refractivity contribution in [2.45, 2.75) is 92.0 Å². The summed E-state index contributed by atoms with van der Waals surface area (Å²) in [7, 11) is 0. The van der Waals surface area contributed by atoms with E-state index in [9.17, 15) is 9.59 Å². The van der Waals surface area contributed by atoms with Crippen LogP contribution in [0.3, 0.4) is 0 Å². The molecule has 262 valence electrons. The van der Waals surface area contributed by atoms with Crippen LogP contribution in [0.25, 0.3) is 22.3 Å². The van der Waals surface area contributed by atoms with Crippen LogP contribution in [0.15, 0.2) is 109 Å². The van der Waals surface area contributed by atoms with E-state index >= 15 is 0 Å². The Kier molecular flexibility index (Phi) is 12.6. The number of unbranched alkanes of at least 4 members (excludes halogenated alkanes) is 1. The van der Waals surface area contributed by atoms with Gasteiger partial charge in [0.25, 0.3) is 5.82 Å². The lowest BCUT2D eigenvalue weighted by atomic mass is 9.98. The van der Waals surface area contributed by atoms with E-state index in [0.29, 0.717) is 11.1 Å². The highest BCUT2D eigenvalue weighted by Gasteiger charge is 2.23. The Hall–Kier alpha value is -4.49. The molecule has 0 spiro atoms. The van der Waals surface area contributed by atoms with E-state index in [2.05, 4.69) is 77.0 Å². The smallest absolute Gasteiger partial charge is 0.339 e. The van der Waals surface area contributed by atoms with Crippen LogP contribution in [-0.2, 0) is 29.0 Å². The van der Waals surface area contributed by atoms with Crippen molar-refractivity contribution in [3.05, 3.63) is 138 Å². The molecule has 50 heavy (non-hydrogen) atoms. The minimum atomic E-state index is -0.559. The summed E-state index contributed by atoms with van der Waals surface area (Å²) in [5.41, 5.74) is 6.09. The summed E-state index contributed by atoms with van der Waals surface area (Å²) in [4.78, 5) is 25.9. The fraction of sp³-hybridized carbons (Fsp3) is 0.326. The number of esters is 2. The van der Waals surface area contributed by atoms with Gasteiger partial charge in [0.1, 0.15) is 36.7 Å². The SMILES string of the molecule is CCCCc1n(Cc2ccc(-c3ccccc3C(=O)OC(C)(C)C)cc2)cc[n+]1Cc1ccc(-c2ccccc2C(=O)OC(C)(C)C)cc1.[Br-].